The first-order valence-electron chi connectivity index (χ1n) is 3.93. The van der Waals surface area contributed by atoms with Crippen molar-refractivity contribution in [2.45, 2.75) is 0 Å². The van der Waals surface area contributed by atoms with E-state index in [1.54, 1.807) is 23.7 Å². The molecule has 2 rings (SSSR count). The maximum atomic E-state index is 3.79. The van der Waals surface area contributed by atoms with E-state index in [0.717, 1.165) is 5.56 Å². The molecule has 0 fully saturated rings. The largest absolute Gasteiger partial charge is 0.159 e. The molecule has 13 heavy (non-hydrogen) atoms. The summed E-state index contributed by atoms with van der Waals surface area (Å²) < 4.78 is 0. The van der Waals surface area contributed by atoms with Crippen LogP contribution in [0, 0.1) is 0 Å². The van der Waals surface area contributed by atoms with Crippen molar-refractivity contribution in [3.05, 3.63) is 46.4 Å². The Morgan fingerprint density at radius 3 is 2.85 bits per heavy atom. The molecule has 0 aliphatic carbocycles. The van der Waals surface area contributed by atoms with Crippen LogP contribution in [-0.4, -0.2) is 10.2 Å². The van der Waals surface area contributed by atoms with Crippen molar-refractivity contribution in [3.63, 3.8) is 0 Å². The molecule has 0 aliphatic rings. The smallest absolute Gasteiger partial charge is 0.0568 e. The van der Waals surface area contributed by atoms with Crippen molar-refractivity contribution >= 4 is 23.5 Å². The number of aromatic nitrogens is 2. The molecule has 64 valence electrons. The Labute approximate surface area is 80.6 Å². The molecule has 2 nitrogen and oxygen atoms in total. The van der Waals surface area contributed by atoms with E-state index in [-0.39, 0.29) is 0 Å². The summed E-state index contributed by atoms with van der Waals surface area (Å²) in [6.07, 6.45) is 7.53. The van der Waals surface area contributed by atoms with Crippen LogP contribution in [-0.2, 0) is 0 Å². The molecule has 0 radical (unpaired) electrons. The van der Waals surface area contributed by atoms with Crippen LogP contribution in [0.4, 0.5) is 0 Å². The summed E-state index contributed by atoms with van der Waals surface area (Å²) >= 11 is 1.72. The van der Waals surface area contributed by atoms with Gasteiger partial charge in [-0.1, -0.05) is 12.1 Å². The Hall–Kier alpha value is -1.48. The molecule has 0 N–H and O–H groups in total. The maximum Gasteiger partial charge on any atom is 0.0568 e. The minimum absolute atomic E-state index is 1.07. The van der Waals surface area contributed by atoms with E-state index in [0.29, 0.717) is 0 Å². The van der Waals surface area contributed by atoms with Gasteiger partial charge in [0.25, 0.3) is 0 Å². The van der Waals surface area contributed by atoms with Crippen molar-refractivity contribution in [3.8, 4) is 0 Å². The van der Waals surface area contributed by atoms with Gasteiger partial charge in [0.1, 0.15) is 0 Å². The van der Waals surface area contributed by atoms with Crippen LogP contribution in [0.15, 0.2) is 36.0 Å². The fourth-order valence-corrected chi connectivity index (χ4v) is 1.58. The number of nitrogens with zero attached hydrogens (tertiary/aromatic N) is 2. The Morgan fingerprint density at radius 1 is 1.15 bits per heavy atom. The summed E-state index contributed by atoms with van der Waals surface area (Å²) in [5, 5.41) is 9.56. The molecule has 0 unspecified atom stereocenters. The van der Waals surface area contributed by atoms with Gasteiger partial charge >= 0.3 is 0 Å². The first kappa shape index (κ1) is 8.13. The second-order valence-electron chi connectivity index (χ2n) is 2.52. The monoisotopic (exact) mass is 188 g/mol. The van der Waals surface area contributed by atoms with Crippen molar-refractivity contribution in [2.75, 3.05) is 0 Å². The number of thiophene rings is 1. The highest BCUT2D eigenvalue weighted by Crippen LogP contribution is 2.12. The molecule has 0 saturated heterocycles. The third-order valence-corrected chi connectivity index (χ3v) is 2.43. The second-order valence-corrected chi connectivity index (χ2v) is 3.50. The minimum Gasteiger partial charge on any atom is -0.159 e. The standard InChI is InChI=1S/C10H8N2S/c1-2-10(13-7-1)4-3-9-5-6-11-12-8-9/h1-8H/b4-3-. The summed E-state index contributed by atoms with van der Waals surface area (Å²) in [6, 6.07) is 6.04. The Balaban J connectivity index is 2.15. The van der Waals surface area contributed by atoms with Crippen LogP contribution in [0.3, 0.4) is 0 Å². The molecule has 0 amide bonds. The predicted molar refractivity (Wildman–Crippen MR) is 55.3 cm³/mol. The lowest BCUT2D eigenvalue weighted by molar-refractivity contribution is 1.03. The summed E-state index contributed by atoms with van der Waals surface area (Å²) in [5.74, 6) is 0. The molecule has 0 aromatic carbocycles. The van der Waals surface area contributed by atoms with Gasteiger partial charge in [0.2, 0.25) is 0 Å². The SMILES string of the molecule is C(=C/c1cccs1)/c1ccnnc1. The molecule has 0 bridgehead atoms. The van der Waals surface area contributed by atoms with E-state index < -0.39 is 0 Å². The van der Waals surface area contributed by atoms with E-state index in [4.69, 9.17) is 0 Å². The van der Waals surface area contributed by atoms with Gasteiger partial charge in [0.15, 0.2) is 0 Å². The third kappa shape index (κ3) is 2.23. The average molecular weight is 188 g/mol. The lowest BCUT2D eigenvalue weighted by atomic mass is 10.3. The Morgan fingerprint density at radius 2 is 2.15 bits per heavy atom. The highest BCUT2D eigenvalue weighted by Gasteiger charge is 1.87. The summed E-state index contributed by atoms with van der Waals surface area (Å²) in [4.78, 5) is 1.25. The summed E-state index contributed by atoms with van der Waals surface area (Å²) in [6.45, 7) is 0. The zero-order valence-corrected chi connectivity index (χ0v) is 7.74. The Bertz CT molecular complexity index is 379. The van der Waals surface area contributed by atoms with E-state index in [1.807, 2.05) is 18.2 Å². The second kappa shape index (κ2) is 3.96. The fourth-order valence-electron chi connectivity index (χ4n) is 0.964. The van der Waals surface area contributed by atoms with Crippen molar-refractivity contribution < 1.29 is 0 Å². The molecule has 0 atom stereocenters. The van der Waals surface area contributed by atoms with Crippen molar-refractivity contribution in [2.24, 2.45) is 0 Å². The van der Waals surface area contributed by atoms with Crippen LogP contribution >= 0.6 is 11.3 Å². The quantitative estimate of drug-likeness (QED) is 0.724. The zero-order chi connectivity index (χ0) is 8.93. The van der Waals surface area contributed by atoms with Gasteiger partial charge in [0.05, 0.1) is 12.4 Å². The van der Waals surface area contributed by atoms with Gasteiger partial charge in [-0.25, -0.2) is 0 Å². The van der Waals surface area contributed by atoms with Gasteiger partial charge in [-0.05, 0) is 29.2 Å². The van der Waals surface area contributed by atoms with Crippen LogP contribution < -0.4 is 0 Å². The number of hydrogen-bond donors (Lipinski definition) is 0. The number of hydrogen-bond acceptors (Lipinski definition) is 3. The topological polar surface area (TPSA) is 25.8 Å². The van der Waals surface area contributed by atoms with Gasteiger partial charge in [-0.15, -0.1) is 11.3 Å². The van der Waals surface area contributed by atoms with E-state index in [1.165, 1.54) is 4.88 Å². The summed E-state index contributed by atoms with van der Waals surface area (Å²) in [7, 11) is 0. The molecule has 0 saturated carbocycles. The first-order chi connectivity index (χ1) is 6.45. The van der Waals surface area contributed by atoms with Crippen molar-refractivity contribution in [1.82, 2.24) is 10.2 Å². The molecule has 2 aromatic heterocycles. The number of rotatable bonds is 2. The average Bonchev–Trinajstić information content (AvgIpc) is 2.69. The van der Waals surface area contributed by atoms with E-state index >= 15 is 0 Å². The van der Waals surface area contributed by atoms with Crippen LogP contribution in [0.5, 0.6) is 0 Å². The lowest BCUT2D eigenvalue weighted by Crippen LogP contribution is -1.78. The Kier molecular flexibility index (Phi) is 2.48. The highest BCUT2D eigenvalue weighted by molar-refractivity contribution is 7.10. The van der Waals surface area contributed by atoms with Gasteiger partial charge in [-0.2, -0.15) is 10.2 Å². The maximum absolute atomic E-state index is 3.79. The molecule has 3 heteroatoms. The lowest BCUT2D eigenvalue weighted by Gasteiger charge is -1.88. The highest BCUT2D eigenvalue weighted by atomic mass is 32.1. The summed E-state index contributed by atoms with van der Waals surface area (Å²) in [5.41, 5.74) is 1.07. The molecule has 0 spiro atoms. The molecule has 0 aliphatic heterocycles. The van der Waals surface area contributed by atoms with Gasteiger partial charge in [-0.3, -0.25) is 0 Å². The molecular formula is C10H8N2S. The minimum atomic E-state index is 1.07. The fraction of sp³-hybridized carbons (Fsp3) is 0. The molecular weight excluding hydrogens is 180 g/mol. The third-order valence-electron chi connectivity index (χ3n) is 1.59. The molecule has 2 heterocycles. The van der Waals surface area contributed by atoms with Gasteiger partial charge in [0, 0.05) is 4.88 Å². The van der Waals surface area contributed by atoms with Crippen LogP contribution in [0.25, 0.3) is 12.2 Å². The van der Waals surface area contributed by atoms with E-state index in [2.05, 4.69) is 27.7 Å². The van der Waals surface area contributed by atoms with Gasteiger partial charge < -0.3 is 0 Å². The van der Waals surface area contributed by atoms with Crippen LogP contribution in [0.1, 0.15) is 10.4 Å². The predicted octanol–water partition coefficient (Wildman–Crippen LogP) is 2.71. The normalized spacial score (nSPS) is 10.8. The van der Waals surface area contributed by atoms with Crippen LogP contribution in [0.2, 0.25) is 0 Å². The first-order valence-corrected chi connectivity index (χ1v) is 4.81. The van der Waals surface area contributed by atoms with E-state index in [9.17, 15) is 0 Å². The zero-order valence-electron chi connectivity index (χ0n) is 6.92. The van der Waals surface area contributed by atoms with Crippen molar-refractivity contribution in [1.29, 1.82) is 0 Å². The molecule has 2 aromatic rings.